The van der Waals surface area contributed by atoms with Gasteiger partial charge in [-0.1, -0.05) is 50.5 Å². The maximum Gasteiger partial charge on any atom is 0.328 e. The monoisotopic (exact) mass is 258 g/mol. The van der Waals surface area contributed by atoms with E-state index in [0.717, 1.165) is 17.6 Å². The van der Waals surface area contributed by atoms with Crippen LogP contribution >= 0.6 is 0 Å². The first-order valence-electron chi connectivity index (χ1n) is 7.24. The Morgan fingerprint density at radius 2 is 1.84 bits per heavy atom. The highest BCUT2D eigenvalue weighted by atomic mass is 16.4. The van der Waals surface area contributed by atoms with Crippen LogP contribution in [-0.4, -0.2) is 11.1 Å². The van der Waals surface area contributed by atoms with Gasteiger partial charge in [0.2, 0.25) is 0 Å². The summed E-state index contributed by atoms with van der Waals surface area (Å²) in [7, 11) is 0. The molecular weight excluding hydrogens is 236 g/mol. The Hall–Kier alpha value is -1.57. The third-order valence-corrected chi connectivity index (χ3v) is 4.04. The average molecular weight is 258 g/mol. The van der Waals surface area contributed by atoms with Gasteiger partial charge in [-0.2, -0.15) is 0 Å². The Morgan fingerprint density at radius 3 is 2.37 bits per heavy atom. The van der Waals surface area contributed by atoms with Crippen LogP contribution in [-0.2, 0) is 4.79 Å². The Labute approximate surface area is 115 Å². The smallest absolute Gasteiger partial charge is 0.328 e. The number of allylic oxidation sites excluding steroid dienone is 1. The van der Waals surface area contributed by atoms with Crippen molar-refractivity contribution in [2.24, 2.45) is 0 Å². The first kappa shape index (κ1) is 13.9. The molecule has 0 aliphatic heterocycles. The Balaban J connectivity index is 2.15. The van der Waals surface area contributed by atoms with E-state index in [-0.39, 0.29) is 0 Å². The molecule has 0 bridgehead atoms. The van der Waals surface area contributed by atoms with Gasteiger partial charge in [0.15, 0.2) is 0 Å². The number of carboxylic acids is 1. The highest BCUT2D eigenvalue weighted by molar-refractivity contribution is 5.89. The normalized spacial score (nSPS) is 17.4. The molecule has 1 aliphatic carbocycles. The van der Waals surface area contributed by atoms with Crippen molar-refractivity contribution < 1.29 is 9.90 Å². The number of benzene rings is 1. The summed E-state index contributed by atoms with van der Waals surface area (Å²) in [6, 6.07) is 8.50. The highest BCUT2D eigenvalue weighted by Gasteiger charge is 2.15. The van der Waals surface area contributed by atoms with E-state index in [1.165, 1.54) is 43.7 Å². The predicted molar refractivity (Wildman–Crippen MR) is 78.2 cm³/mol. The third-order valence-electron chi connectivity index (χ3n) is 4.04. The van der Waals surface area contributed by atoms with Gasteiger partial charge in [0.1, 0.15) is 0 Å². The van der Waals surface area contributed by atoms with E-state index in [1.54, 1.807) is 0 Å². The zero-order chi connectivity index (χ0) is 13.7. The molecule has 102 valence electrons. The molecule has 1 aromatic carbocycles. The molecule has 1 aromatic rings. The maximum atomic E-state index is 10.8. The quantitative estimate of drug-likeness (QED) is 0.800. The second-order valence-electron chi connectivity index (χ2n) is 5.32. The van der Waals surface area contributed by atoms with E-state index < -0.39 is 5.97 Å². The second-order valence-corrected chi connectivity index (χ2v) is 5.32. The standard InChI is InChI=1S/C17H22O2/c1-2-13(12-17(18)19)15-8-10-16(11-9-15)14-6-4-3-5-7-14/h8-12,14H,2-7H2,1H3,(H,18,19)/b13-12+. The summed E-state index contributed by atoms with van der Waals surface area (Å²) in [5, 5.41) is 8.86. The molecule has 1 saturated carbocycles. The fraction of sp³-hybridized carbons (Fsp3) is 0.471. The first-order valence-corrected chi connectivity index (χ1v) is 7.24. The predicted octanol–water partition coefficient (Wildman–Crippen LogP) is 4.61. The zero-order valence-electron chi connectivity index (χ0n) is 11.6. The molecule has 0 saturated heterocycles. The van der Waals surface area contributed by atoms with Crippen molar-refractivity contribution in [3.8, 4) is 0 Å². The van der Waals surface area contributed by atoms with Crippen LogP contribution in [0.15, 0.2) is 30.3 Å². The lowest BCUT2D eigenvalue weighted by Crippen LogP contribution is -2.04. The van der Waals surface area contributed by atoms with Crippen LogP contribution in [0.25, 0.3) is 5.57 Å². The molecule has 0 atom stereocenters. The minimum atomic E-state index is -0.867. The van der Waals surface area contributed by atoms with Gasteiger partial charge < -0.3 is 5.11 Å². The Kier molecular flexibility index (Phi) is 4.78. The molecular formula is C17H22O2. The molecule has 1 N–H and O–H groups in total. The minimum absolute atomic E-state index is 0.705. The van der Waals surface area contributed by atoms with Crippen LogP contribution in [0.4, 0.5) is 0 Å². The topological polar surface area (TPSA) is 37.3 Å². The van der Waals surface area contributed by atoms with E-state index in [4.69, 9.17) is 5.11 Å². The van der Waals surface area contributed by atoms with Crippen LogP contribution in [0.5, 0.6) is 0 Å². The van der Waals surface area contributed by atoms with Crippen molar-refractivity contribution in [1.82, 2.24) is 0 Å². The minimum Gasteiger partial charge on any atom is -0.478 e. The van der Waals surface area contributed by atoms with Gasteiger partial charge in [0.25, 0.3) is 0 Å². The largest absolute Gasteiger partial charge is 0.478 e. The summed E-state index contributed by atoms with van der Waals surface area (Å²) in [6.07, 6.45) is 8.70. The van der Waals surface area contributed by atoms with E-state index in [0.29, 0.717) is 5.92 Å². The molecule has 0 aromatic heterocycles. The van der Waals surface area contributed by atoms with Gasteiger partial charge in [0.05, 0.1) is 0 Å². The van der Waals surface area contributed by atoms with Crippen LogP contribution in [0, 0.1) is 0 Å². The van der Waals surface area contributed by atoms with Crippen LogP contribution < -0.4 is 0 Å². The number of carbonyl (C=O) groups is 1. The van der Waals surface area contributed by atoms with E-state index in [9.17, 15) is 4.79 Å². The fourth-order valence-electron chi connectivity index (χ4n) is 2.94. The summed E-state index contributed by atoms with van der Waals surface area (Å²) in [4.78, 5) is 10.8. The van der Waals surface area contributed by atoms with Crippen molar-refractivity contribution in [2.75, 3.05) is 0 Å². The van der Waals surface area contributed by atoms with Crippen LogP contribution in [0.1, 0.15) is 62.5 Å². The molecule has 0 heterocycles. The molecule has 1 fully saturated rings. The Bertz CT molecular complexity index is 451. The molecule has 1 aliphatic rings. The third kappa shape index (κ3) is 3.69. The van der Waals surface area contributed by atoms with E-state index >= 15 is 0 Å². The summed E-state index contributed by atoms with van der Waals surface area (Å²) in [5.41, 5.74) is 3.33. The maximum absolute atomic E-state index is 10.8. The molecule has 0 radical (unpaired) electrons. The van der Waals surface area contributed by atoms with E-state index in [2.05, 4.69) is 24.3 Å². The SMILES string of the molecule is CC/C(=C\C(=O)O)c1ccc(C2CCCCC2)cc1. The van der Waals surface area contributed by atoms with Gasteiger partial charge in [0, 0.05) is 6.08 Å². The number of hydrogen-bond acceptors (Lipinski definition) is 1. The van der Waals surface area contributed by atoms with Gasteiger partial charge >= 0.3 is 5.97 Å². The molecule has 2 rings (SSSR count). The van der Waals surface area contributed by atoms with Gasteiger partial charge in [-0.3, -0.25) is 0 Å². The highest BCUT2D eigenvalue weighted by Crippen LogP contribution is 2.33. The van der Waals surface area contributed by atoms with Gasteiger partial charge in [-0.25, -0.2) is 4.79 Å². The molecule has 0 amide bonds. The van der Waals surface area contributed by atoms with E-state index in [1.807, 2.05) is 6.92 Å². The summed E-state index contributed by atoms with van der Waals surface area (Å²) >= 11 is 0. The number of rotatable bonds is 4. The number of aliphatic carboxylic acids is 1. The lowest BCUT2D eigenvalue weighted by Gasteiger charge is -2.22. The van der Waals surface area contributed by atoms with Crippen molar-refractivity contribution in [1.29, 1.82) is 0 Å². The van der Waals surface area contributed by atoms with Crippen molar-refractivity contribution in [3.05, 3.63) is 41.5 Å². The average Bonchev–Trinajstić information content (AvgIpc) is 2.46. The van der Waals surface area contributed by atoms with Crippen molar-refractivity contribution in [3.63, 3.8) is 0 Å². The Morgan fingerprint density at radius 1 is 1.21 bits per heavy atom. The van der Waals surface area contributed by atoms with Gasteiger partial charge in [-0.05, 0) is 41.9 Å². The lowest BCUT2D eigenvalue weighted by atomic mass is 9.83. The molecule has 0 unspecified atom stereocenters. The van der Waals surface area contributed by atoms with Gasteiger partial charge in [-0.15, -0.1) is 0 Å². The molecule has 2 nitrogen and oxygen atoms in total. The first-order chi connectivity index (χ1) is 9.20. The number of hydrogen-bond donors (Lipinski definition) is 1. The summed E-state index contributed by atoms with van der Waals surface area (Å²) < 4.78 is 0. The zero-order valence-corrected chi connectivity index (χ0v) is 11.6. The fourth-order valence-corrected chi connectivity index (χ4v) is 2.94. The van der Waals surface area contributed by atoms with Crippen LogP contribution in [0.2, 0.25) is 0 Å². The molecule has 2 heteroatoms. The number of carboxylic acid groups (broad SMARTS) is 1. The van der Waals surface area contributed by atoms with Crippen LogP contribution in [0.3, 0.4) is 0 Å². The molecule has 19 heavy (non-hydrogen) atoms. The van der Waals surface area contributed by atoms with Crippen molar-refractivity contribution >= 4 is 11.5 Å². The molecule has 0 spiro atoms. The lowest BCUT2D eigenvalue weighted by molar-refractivity contribution is -0.131. The van der Waals surface area contributed by atoms with Crippen molar-refractivity contribution in [2.45, 2.75) is 51.4 Å². The summed E-state index contributed by atoms with van der Waals surface area (Å²) in [6.45, 7) is 1.99. The summed E-state index contributed by atoms with van der Waals surface area (Å²) in [5.74, 6) is -0.162. The second kappa shape index (κ2) is 6.55.